The zero-order valence-corrected chi connectivity index (χ0v) is 18.8. The molecule has 1 saturated heterocycles. The number of likely N-dealkylation sites (tertiary alicyclic amines) is 1. The second kappa shape index (κ2) is 10.1. The maximum absolute atomic E-state index is 13.0. The van der Waals surface area contributed by atoms with Crippen LogP contribution in [-0.2, 0) is 14.8 Å². The van der Waals surface area contributed by atoms with Crippen molar-refractivity contribution in [1.82, 2.24) is 9.21 Å². The van der Waals surface area contributed by atoms with Crippen molar-refractivity contribution in [2.45, 2.75) is 31.6 Å². The van der Waals surface area contributed by atoms with Gasteiger partial charge in [-0.15, -0.1) is 0 Å². The predicted molar refractivity (Wildman–Crippen MR) is 120 cm³/mol. The summed E-state index contributed by atoms with van der Waals surface area (Å²) in [7, 11) is -3.56. The molecule has 0 aromatic heterocycles. The van der Waals surface area contributed by atoms with E-state index in [1.165, 1.54) is 16.4 Å². The topological polar surface area (TPSA) is 86.8 Å². The first-order chi connectivity index (χ1) is 14.9. The van der Waals surface area contributed by atoms with Gasteiger partial charge in [-0.25, -0.2) is 8.42 Å². The fourth-order valence-electron chi connectivity index (χ4n) is 3.81. The number of carbonyl (C=O) groups excluding carboxylic acids is 2. The van der Waals surface area contributed by atoms with Gasteiger partial charge in [-0.1, -0.05) is 32.0 Å². The Hall–Kier alpha value is -2.71. The largest absolute Gasteiger partial charge is 0.338 e. The van der Waals surface area contributed by atoms with E-state index in [-0.39, 0.29) is 22.6 Å². The van der Waals surface area contributed by atoms with Crippen molar-refractivity contribution in [2.75, 3.05) is 31.5 Å². The van der Waals surface area contributed by atoms with Gasteiger partial charge in [0.2, 0.25) is 15.9 Å². The summed E-state index contributed by atoms with van der Waals surface area (Å²) in [6.45, 7) is 5.28. The first-order valence-electron chi connectivity index (χ1n) is 10.6. The number of benzene rings is 2. The molecule has 0 aliphatic carbocycles. The first-order valence-corrected chi connectivity index (χ1v) is 12.1. The Balaban J connectivity index is 1.67. The molecular weight excluding hydrogens is 414 g/mol. The van der Waals surface area contributed by atoms with Gasteiger partial charge in [-0.2, -0.15) is 4.31 Å². The molecule has 1 N–H and O–H groups in total. The molecule has 31 heavy (non-hydrogen) atoms. The van der Waals surface area contributed by atoms with Crippen molar-refractivity contribution in [2.24, 2.45) is 5.92 Å². The van der Waals surface area contributed by atoms with Crippen LogP contribution < -0.4 is 5.32 Å². The molecule has 8 heteroatoms. The van der Waals surface area contributed by atoms with Gasteiger partial charge in [-0.05, 0) is 49.2 Å². The lowest BCUT2D eigenvalue weighted by molar-refractivity contribution is -0.121. The highest BCUT2D eigenvalue weighted by Gasteiger charge is 2.29. The molecule has 1 fully saturated rings. The van der Waals surface area contributed by atoms with Gasteiger partial charge in [-0.3, -0.25) is 9.59 Å². The molecule has 0 saturated carbocycles. The fourth-order valence-corrected chi connectivity index (χ4v) is 5.26. The molecule has 7 nitrogen and oxygen atoms in total. The van der Waals surface area contributed by atoms with Gasteiger partial charge in [0.15, 0.2) is 0 Å². The minimum Gasteiger partial charge on any atom is -0.338 e. The Morgan fingerprint density at radius 2 is 1.68 bits per heavy atom. The molecule has 1 heterocycles. The Morgan fingerprint density at radius 1 is 1.03 bits per heavy atom. The van der Waals surface area contributed by atoms with Crippen LogP contribution in [0.25, 0.3) is 0 Å². The molecule has 1 atom stereocenters. The summed E-state index contributed by atoms with van der Waals surface area (Å²) in [5.74, 6) is -0.561. The predicted octanol–water partition coefficient (Wildman–Crippen LogP) is 3.21. The van der Waals surface area contributed by atoms with Crippen LogP contribution in [0.15, 0.2) is 59.5 Å². The molecule has 166 valence electrons. The average Bonchev–Trinajstić information content (AvgIpc) is 2.80. The van der Waals surface area contributed by atoms with E-state index in [1.807, 2.05) is 30.3 Å². The number of hydrogen-bond donors (Lipinski definition) is 1. The minimum absolute atomic E-state index is 0.0932. The Labute approximate surface area is 184 Å². The molecular formula is C23H29N3O4S. The number of sulfonamides is 1. The average molecular weight is 444 g/mol. The van der Waals surface area contributed by atoms with Crippen LogP contribution in [0, 0.1) is 5.92 Å². The van der Waals surface area contributed by atoms with E-state index in [9.17, 15) is 18.0 Å². The van der Waals surface area contributed by atoms with Gasteiger partial charge in [0, 0.05) is 37.4 Å². The smallest absolute Gasteiger partial charge is 0.253 e. The number of carbonyl (C=O) groups is 2. The number of rotatable bonds is 7. The molecule has 2 amide bonds. The summed E-state index contributed by atoms with van der Waals surface area (Å²) in [6.07, 6.45) is 1.47. The van der Waals surface area contributed by atoms with E-state index in [0.717, 1.165) is 18.5 Å². The number of piperidine rings is 1. The Bertz CT molecular complexity index is 1000. The van der Waals surface area contributed by atoms with Crippen LogP contribution in [0.1, 0.15) is 37.0 Å². The molecule has 3 rings (SSSR count). The lowest BCUT2D eigenvalue weighted by Crippen LogP contribution is -2.43. The molecule has 0 spiro atoms. The molecule has 0 unspecified atom stereocenters. The third-order valence-electron chi connectivity index (χ3n) is 5.57. The second-order valence-electron chi connectivity index (χ2n) is 7.56. The van der Waals surface area contributed by atoms with E-state index < -0.39 is 10.0 Å². The van der Waals surface area contributed by atoms with E-state index in [2.05, 4.69) is 5.32 Å². The Kier molecular flexibility index (Phi) is 7.46. The number of hydrogen-bond acceptors (Lipinski definition) is 4. The molecule has 2 aromatic carbocycles. The van der Waals surface area contributed by atoms with Crippen molar-refractivity contribution in [3.63, 3.8) is 0 Å². The highest BCUT2D eigenvalue weighted by molar-refractivity contribution is 7.89. The van der Waals surface area contributed by atoms with Crippen molar-refractivity contribution < 1.29 is 18.0 Å². The number of anilines is 1. The maximum Gasteiger partial charge on any atom is 0.253 e. The van der Waals surface area contributed by atoms with Crippen molar-refractivity contribution in [1.29, 1.82) is 0 Å². The number of amides is 2. The summed E-state index contributed by atoms with van der Waals surface area (Å²) in [6, 6.07) is 15.3. The van der Waals surface area contributed by atoms with Gasteiger partial charge in [0.05, 0.1) is 10.8 Å². The standard InChI is InChI=1S/C23H29N3O4S/c1-3-26(4-2)31(29,30)21-14-12-18(13-15-21)23(28)25-16-8-9-19(17-25)22(27)24-20-10-6-5-7-11-20/h5-7,10-15,19H,3-4,8-9,16-17H2,1-2H3,(H,24,27)/t19-/m1/s1. The highest BCUT2D eigenvalue weighted by atomic mass is 32.2. The van der Waals surface area contributed by atoms with Gasteiger partial charge in [0.25, 0.3) is 5.91 Å². The normalized spacial score (nSPS) is 16.9. The molecule has 2 aromatic rings. The lowest BCUT2D eigenvalue weighted by atomic mass is 9.96. The van der Waals surface area contributed by atoms with E-state index >= 15 is 0 Å². The number of nitrogens with one attached hydrogen (secondary N) is 1. The summed E-state index contributed by atoms with van der Waals surface area (Å²) in [4.78, 5) is 27.4. The van der Waals surface area contributed by atoms with Crippen LogP contribution in [0.4, 0.5) is 5.69 Å². The van der Waals surface area contributed by atoms with Crippen molar-refractivity contribution >= 4 is 27.5 Å². The fraction of sp³-hybridized carbons (Fsp3) is 0.391. The Morgan fingerprint density at radius 3 is 2.29 bits per heavy atom. The van der Waals surface area contributed by atoms with Gasteiger partial charge >= 0.3 is 0 Å². The van der Waals surface area contributed by atoms with Crippen LogP contribution in [0.3, 0.4) is 0 Å². The summed E-state index contributed by atoms with van der Waals surface area (Å²) in [5, 5.41) is 2.91. The zero-order chi connectivity index (χ0) is 22.4. The number of nitrogens with zero attached hydrogens (tertiary/aromatic N) is 2. The van der Waals surface area contributed by atoms with Crippen LogP contribution in [0.2, 0.25) is 0 Å². The molecule has 1 aliphatic rings. The summed E-state index contributed by atoms with van der Waals surface area (Å²) < 4.78 is 26.6. The quantitative estimate of drug-likeness (QED) is 0.712. The van der Waals surface area contributed by atoms with Gasteiger partial charge < -0.3 is 10.2 Å². The van der Waals surface area contributed by atoms with Crippen molar-refractivity contribution in [3.8, 4) is 0 Å². The van der Waals surface area contributed by atoms with Crippen LogP contribution in [-0.4, -0.2) is 55.6 Å². The summed E-state index contributed by atoms with van der Waals surface area (Å²) >= 11 is 0. The van der Waals surface area contributed by atoms with Crippen LogP contribution in [0.5, 0.6) is 0 Å². The molecule has 0 bridgehead atoms. The molecule has 1 aliphatic heterocycles. The van der Waals surface area contributed by atoms with E-state index in [1.54, 1.807) is 30.9 Å². The monoisotopic (exact) mass is 443 g/mol. The SMILES string of the molecule is CCN(CC)S(=O)(=O)c1ccc(C(=O)N2CCC[C@@H](C(=O)Nc3ccccc3)C2)cc1. The lowest BCUT2D eigenvalue weighted by Gasteiger charge is -2.32. The highest BCUT2D eigenvalue weighted by Crippen LogP contribution is 2.22. The van der Waals surface area contributed by atoms with Crippen molar-refractivity contribution in [3.05, 3.63) is 60.2 Å². The van der Waals surface area contributed by atoms with E-state index in [4.69, 9.17) is 0 Å². The minimum atomic E-state index is -3.56. The first kappa shape index (κ1) is 23.0. The zero-order valence-electron chi connectivity index (χ0n) is 18.0. The molecule has 0 radical (unpaired) electrons. The second-order valence-corrected chi connectivity index (χ2v) is 9.50. The van der Waals surface area contributed by atoms with E-state index in [0.29, 0.717) is 31.7 Å². The third kappa shape index (κ3) is 5.32. The van der Waals surface area contributed by atoms with Gasteiger partial charge in [0.1, 0.15) is 0 Å². The third-order valence-corrected chi connectivity index (χ3v) is 7.63. The number of para-hydroxylation sites is 1. The maximum atomic E-state index is 13.0. The summed E-state index contributed by atoms with van der Waals surface area (Å²) in [5.41, 5.74) is 1.16. The van der Waals surface area contributed by atoms with Crippen LogP contribution >= 0.6 is 0 Å².